The van der Waals surface area contributed by atoms with E-state index in [4.69, 9.17) is 11.6 Å². The maximum Gasteiger partial charge on any atom is 0.418 e. The molecule has 0 aliphatic carbocycles. The van der Waals surface area contributed by atoms with Crippen molar-refractivity contribution in [2.75, 3.05) is 5.32 Å². The van der Waals surface area contributed by atoms with Crippen LogP contribution in [0.15, 0.2) is 34.1 Å². The molecule has 0 radical (unpaired) electrons. The first-order valence-electron chi connectivity index (χ1n) is 5.65. The monoisotopic (exact) mass is 383 g/mol. The summed E-state index contributed by atoms with van der Waals surface area (Å²) in [6.45, 7) is 1.81. The summed E-state index contributed by atoms with van der Waals surface area (Å²) in [6.07, 6.45) is -4.44. The van der Waals surface area contributed by atoms with Crippen molar-refractivity contribution in [3.8, 4) is 0 Å². The minimum absolute atomic E-state index is 0.0229. The molecular formula is C13H10BrClF3NS. The van der Waals surface area contributed by atoms with Crippen LogP contribution >= 0.6 is 38.9 Å². The Balaban J connectivity index is 2.32. The second kappa shape index (κ2) is 5.95. The van der Waals surface area contributed by atoms with E-state index in [1.807, 2.05) is 18.4 Å². The first-order valence-corrected chi connectivity index (χ1v) is 7.70. The molecule has 0 saturated carbocycles. The number of anilines is 1. The fourth-order valence-electron chi connectivity index (χ4n) is 1.79. The molecule has 108 valence electrons. The number of nitrogens with one attached hydrogen (secondary N) is 1. The Bertz CT molecular complexity index is 612. The molecule has 1 atom stereocenters. The Kier molecular flexibility index (Phi) is 4.66. The van der Waals surface area contributed by atoms with Gasteiger partial charge in [0.15, 0.2) is 0 Å². The van der Waals surface area contributed by atoms with E-state index in [9.17, 15) is 13.2 Å². The average Bonchev–Trinajstić information content (AvgIpc) is 2.76. The van der Waals surface area contributed by atoms with Gasteiger partial charge in [0.25, 0.3) is 0 Å². The fourth-order valence-corrected chi connectivity index (χ4v) is 3.69. The van der Waals surface area contributed by atoms with E-state index >= 15 is 0 Å². The molecule has 1 unspecified atom stereocenters. The van der Waals surface area contributed by atoms with Gasteiger partial charge in [0, 0.05) is 20.1 Å². The van der Waals surface area contributed by atoms with Crippen LogP contribution in [0.1, 0.15) is 23.4 Å². The van der Waals surface area contributed by atoms with Crippen LogP contribution in [0.5, 0.6) is 0 Å². The number of thiophene rings is 1. The molecule has 7 heteroatoms. The molecule has 1 heterocycles. The minimum atomic E-state index is -4.44. The Morgan fingerprint density at radius 3 is 2.55 bits per heavy atom. The van der Waals surface area contributed by atoms with Crippen LogP contribution in [0.3, 0.4) is 0 Å². The summed E-state index contributed by atoms with van der Waals surface area (Å²) in [5, 5.41) is 4.83. The SMILES string of the molecule is CC(Nc1ccc(Cl)cc1C(F)(F)F)c1sccc1Br. The standard InChI is InChI=1S/C13H10BrClF3NS/c1-7(12-10(14)4-5-20-12)19-11-3-2-8(15)6-9(11)13(16,17)18/h2-7,19H,1H3. The second-order valence-electron chi connectivity index (χ2n) is 4.19. The maximum atomic E-state index is 13.0. The Morgan fingerprint density at radius 1 is 1.30 bits per heavy atom. The van der Waals surface area contributed by atoms with E-state index in [1.54, 1.807) is 0 Å². The lowest BCUT2D eigenvalue weighted by Crippen LogP contribution is -2.13. The molecule has 0 bridgehead atoms. The van der Waals surface area contributed by atoms with Crippen molar-refractivity contribution in [1.29, 1.82) is 0 Å². The van der Waals surface area contributed by atoms with Crippen molar-refractivity contribution in [1.82, 2.24) is 0 Å². The van der Waals surface area contributed by atoms with Crippen LogP contribution in [0.2, 0.25) is 5.02 Å². The highest BCUT2D eigenvalue weighted by Gasteiger charge is 2.34. The molecular weight excluding hydrogens is 375 g/mol. The molecule has 2 aromatic rings. The first kappa shape index (κ1) is 15.7. The van der Waals surface area contributed by atoms with Gasteiger partial charge in [-0.15, -0.1) is 11.3 Å². The summed E-state index contributed by atoms with van der Waals surface area (Å²) in [5.74, 6) is 0. The molecule has 2 rings (SSSR count). The van der Waals surface area contributed by atoms with Crippen molar-refractivity contribution >= 4 is 44.6 Å². The summed E-state index contributed by atoms with van der Waals surface area (Å²) < 4.78 is 39.9. The van der Waals surface area contributed by atoms with Gasteiger partial charge < -0.3 is 5.32 Å². The largest absolute Gasteiger partial charge is 0.418 e. The van der Waals surface area contributed by atoms with Gasteiger partial charge in [-0.25, -0.2) is 0 Å². The zero-order chi connectivity index (χ0) is 14.9. The molecule has 0 fully saturated rings. The molecule has 20 heavy (non-hydrogen) atoms. The molecule has 1 N–H and O–H groups in total. The van der Waals surface area contributed by atoms with Gasteiger partial charge in [-0.3, -0.25) is 0 Å². The Hall–Kier alpha value is -0.720. The van der Waals surface area contributed by atoms with E-state index in [-0.39, 0.29) is 16.8 Å². The lowest BCUT2D eigenvalue weighted by atomic mass is 10.1. The van der Waals surface area contributed by atoms with Gasteiger partial charge in [0.1, 0.15) is 0 Å². The van der Waals surface area contributed by atoms with Gasteiger partial charge in [0.05, 0.1) is 11.6 Å². The first-order chi connectivity index (χ1) is 9.29. The maximum absolute atomic E-state index is 13.0. The third-order valence-corrected chi connectivity index (χ3v) is 4.99. The number of alkyl halides is 3. The van der Waals surface area contributed by atoms with Gasteiger partial charge in [-0.05, 0) is 52.5 Å². The second-order valence-corrected chi connectivity index (χ2v) is 6.42. The summed E-state index contributed by atoms with van der Waals surface area (Å²) in [7, 11) is 0. The Labute approximate surface area is 131 Å². The summed E-state index contributed by atoms with van der Waals surface area (Å²) in [4.78, 5) is 0.938. The highest BCUT2D eigenvalue weighted by molar-refractivity contribution is 9.10. The van der Waals surface area contributed by atoms with E-state index < -0.39 is 11.7 Å². The van der Waals surface area contributed by atoms with Crippen LogP contribution in [0.25, 0.3) is 0 Å². The van der Waals surface area contributed by atoms with Crippen molar-refractivity contribution in [2.45, 2.75) is 19.1 Å². The van der Waals surface area contributed by atoms with Gasteiger partial charge in [-0.1, -0.05) is 11.6 Å². The zero-order valence-electron chi connectivity index (χ0n) is 10.3. The van der Waals surface area contributed by atoms with Crippen molar-refractivity contribution in [3.05, 3.63) is 49.6 Å². The molecule has 0 aliphatic heterocycles. The molecule has 1 aromatic carbocycles. The third-order valence-electron chi connectivity index (χ3n) is 2.70. The van der Waals surface area contributed by atoms with Crippen LogP contribution in [-0.4, -0.2) is 0 Å². The minimum Gasteiger partial charge on any atom is -0.377 e. The average molecular weight is 385 g/mol. The van der Waals surface area contributed by atoms with Crippen LogP contribution in [0, 0.1) is 0 Å². The lowest BCUT2D eigenvalue weighted by molar-refractivity contribution is -0.137. The zero-order valence-corrected chi connectivity index (χ0v) is 13.4. The summed E-state index contributed by atoms with van der Waals surface area (Å²) >= 11 is 10.5. The van der Waals surface area contributed by atoms with Crippen LogP contribution < -0.4 is 5.32 Å². The number of benzene rings is 1. The lowest BCUT2D eigenvalue weighted by Gasteiger charge is -2.19. The molecule has 1 nitrogen and oxygen atoms in total. The van der Waals surface area contributed by atoms with Gasteiger partial charge >= 0.3 is 6.18 Å². The highest BCUT2D eigenvalue weighted by Crippen LogP contribution is 2.39. The quantitative estimate of drug-likeness (QED) is 0.649. The predicted molar refractivity (Wildman–Crippen MR) is 80.5 cm³/mol. The summed E-state index contributed by atoms with van der Waals surface area (Å²) in [6, 6.07) is 5.34. The number of hydrogen-bond acceptors (Lipinski definition) is 2. The smallest absolute Gasteiger partial charge is 0.377 e. The third kappa shape index (κ3) is 3.48. The number of halogens is 5. The van der Waals surface area contributed by atoms with Crippen molar-refractivity contribution in [2.24, 2.45) is 0 Å². The molecule has 0 spiro atoms. The fraction of sp³-hybridized carbons (Fsp3) is 0.231. The van der Waals surface area contributed by atoms with Crippen molar-refractivity contribution < 1.29 is 13.2 Å². The van der Waals surface area contributed by atoms with E-state index in [0.29, 0.717) is 0 Å². The molecule has 0 saturated heterocycles. The number of rotatable bonds is 3. The highest BCUT2D eigenvalue weighted by atomic mass is 79.9. The van der Waals surface area contributed by atoms with Crippen molar-refractivity contribution in [3.63, 3.8) is 0 Å². The molecule has 1 aromatic heterocycles. The van der Waals surface area contributed by atoms with Gasteiger partial charge in [0.2, 0.25) is 0 Å². The van der Waals surface area contributed by atoms with Crippen LogP contribution in [-0.2, 0) is 6.18 Å². The van der Waals surface area contributed by atoms with Crippen LogP contribution in [0.4, 0.5) is 18.9 Å². The van der Waals surface area contributed by atoms with E-state index in [2.05, 4.69) is 21.2 Å². The van der Waals surface area contributed by atoms with E-state index in [0.717, 1.165) is 15.4 Å². The Morgan fingerprint density at radius 2 is 2.00 bits per heavy atom. The molecule has 0 aliphatic rings. The number of hydrogen-bond donors (Lipinski definition) is 1. The predicted octanol–water partition coefficient (Wildman–Crippen LogP) is 6.36. The topological polar surface area (TPSA) is 12.0 Å². The molecule has 0 amide bonds. The summed E-state index contributed by atoms with van der Waals surface area (Å²) in [5.41, 5.74) is -0.737. The van der Waals surface area contributed by atoms with Gasteiger partial charge in [-0.2, -0.15) is 13.2 Å². The normalized spacial score (nSPS) is 13.3. The van der Waals surface area contributed by atoms with E-state index in [1.165, 1.54) is 23.5 Å².